The van der Waals surface area contributed by atoms with E-state index in [2.05, 4.69) is 57.3 Å². The molecule has 2 unspecified atom stereocenters. The molecule has 1 aromatic rings. The highest BCUT2D eigenvalue weighted by Gasteiger charge is 2.09. The van der Waals surface area contributed by atoms with Gasteiger partial charge in [0.25, 0.3) is 0 Å². The Labute approximate surface area is 131 Å². The average Bonchev–Trinajstić information content (AvgIpc) is 2.53. The molecule has 0 fully saturated rings. The van der Waals surface area contributed by atoms with Crippen LogP contribution < -0.4 is 10.1 Å². The van der Waals surface area contributed by atoms with Crippen LogP contribution in [0.25, 0.3) is 0 Å². The molecular weight excluding hydrogens is 258 g/mol. The summed E-state index contributed by atoms with van der Waals surface area (Å²) in [5.41, 5.74) is 1.34. The largest absolute Gasteiger partial charge is 0.494 e. The molecular formula is C19H33NO. The van der Waals surface area contributed by atoms with Crippen LogP contribution in [0.5, 0.6) is 5.75 Å². The third-order valence-corrected chi connectivity index (χ3v) is 4.11. The maximum atomic E-state index is 5.63. The Kier molecular flexibility index (Phi) is 9.16. The first kappa shape index (κ1) is 18.0. The van der Waals surface area contributed by atoms with Crippen molar-refractivity contribution < 1.29 is 4.74 Å². The zero-order valence-electron chi connectivity index (χ0n) is 14.3. The van der Waals surface area contributed by atoms with Gasteiger partial charge in [-0.3, -0.25) is 0 Å². The lowest BCUT2D eigenvalue weighted by Crippen LogP contribution is -2.25. The fourth-order valence-electron chi connectivity index (χ4n) is 2.48. The van der Waals surface area contributed by atoms with Gasteiger partial charge in [0, 0.05) is 6.04 Å². The van der Waals surface area contributed by atoms with Gasteiger partial charge in [0.2, 0.25) is 0 Å². The van der Waals surface area contributed by atoms with Gasteiger partial charge in [-0.15, -0.1) is 0 Å². The topological polar surface area (TPSA) is 21.3 Å². The van der Waals surface area contributed by atoms with E-state index in [0.29, 0.717) is 6.04 Å². The minimum Gasteiger partial charge on any atom is -0.494 e. The van der Waals surface area contributed by atoms with Gasteiger partial charge in [-0.25, -0.2) is 0 Å². The first-order valence-corrected chi connectivity index (χ1v) is 8.67. The summed E-state index contributed by atoms with van der Waals surface area (Å²) >= 11 is 0. The predicted molar refractivity (Wildman–Crippen MR) is 92.0 cm³/mol. The van der Waals surface area contributed by atoms with Crippen molar-refractivity contribution in [1.82, 2.24) is 5.32 Å². The Morgan fingerprint density at radius 3 is 2.33 bits per heavy atom. The zero-order valence-corrected chi connectivity index (χ0v) is 14.3. The third-order valence-electron chi connectivity index (χ3n) is 4.11. The molecule has 0 saturated heterocycles. The van der Waals surface area contributed by atoms with Crippen LogP contribution in [0.1, 0.15) is 71.4 Å². The van der Waals surface area contributed by atoms with Gasteiger partial charge in [0.1, 0.15) is 5.75 Å². The van der Waals surface area contributed by atoms with Gasteiger partial charge in [-0.1, -0.05) is 52.2 Å². The molecule has 2 atom stereocenters. The summed E-state index contributed by atoms with van der Waals surface area (Å²) in [5, 5.41) is 3.68. The minimum atomic E-state index is 0.404. The van der Waals surface area contributed by atoms with Crippen LogP contribution in [-0.2, 0) is 0 Å². The molecule has 1 rings (SSSR count). The number of ether oxygens (including phenoxy) is 1. The molecule has 120 valence electrons. The van der Waals surface area contributed by atoms with Gasteiger partial charge in [-0.05, 0) is 49.9 Å². The lowest BCUT2D eigenvalue weighted by atomic mass is 9.98. The molecule has 2 nitrogen and oxygen atoms in total. The Morgan fingerprint density at radius 1 is 1.05 bits per heavy atom. The second-order valence-electron chi connectivity index (χ2n) is 5.96. The second-order valence-corrected chi connectivity index (χ2v) is 5.96. The molecule has 0 radical (unpaired) electrons. The molecule has 21 heavy (non-hydrogen) atoms. The van der Waals surface area contributed by atoms with E-state index >= 15 is 0 Å². The molecule has 1 N–H and O–H groups in total. The third kappa shape index (κ3) is 6.99. The molecule has 0 heterocycles. The van der Waals surface area contributed by atoms with Crippen LogP contribution in [0.3, 0.4) is 0 Å². The van der Waals surface area contributed by atoms with E-state index in [9.17, 15) is 0 Å². The highest BCUT2D eigenvalue weighted by molar-refractivity contribution is 5.28. The fourth-order valence-corrected chi connectivity index (χ4v) is 2.48. The van der Waals surface area contributed by atoms with Gasteiger partial charge >= 0.3 is 0 Å². The van der Waals surface area contributed by atoms with Gasteiger partial charge < -0.3 is 10.1 Å². The SMILES string of the molecule is CCCCC(CC)CNC(C)c1ccc(OCCC)cc1. The van der Waals surface area contributed by atoms with Crippen LogP contribution in [0.15, 0.2) is 24.3 Å². The average molecular weight is 291 g/mol. The summed E-state index contributed by atoms with van der Waals surface area (Å²) in [6.45, 7) is 10.9. The summed E-state index contributed by atoms with van der Waals surface area (Å²) in [6.07, 6.45) is 6.30. The van der Waals surface area contributed by atoms with E-state index in [4.69, 9.17) is 4.74 Å². The van der Waals surface area contributed by atoms with E-state index in [0.717, 1.165) is 31.2 Å². The first-order chi connectivity index (χ1) is 10.2. The van der Waals surface area contributed by atoms with E-state index in [1.807, 2.05) is 0 Å². The predicted octanol–water partition coefficient (Wildman–Crippen LogP) is 5.34. The van der Waals surface area contributed by atoms with Crippen LogP contribution in [0, 0.1) is 5.92 Å². The molecule has 1 aromatic carbocycles. The van der Waals surface area contributed by atoms with Gasteiger partial charge in [0.15, 0.2) is 0 Å². The molecule has 0 amide bonds. The van der Waals surface area contributed by atoms with Crippen molar-refractivity contribution in [1.29, 1.82) is 0 Å². The molecule has 0 aliphatic carbocycles. The summed E-state index contributed by atoms with van der Waals surface area (Å²) < 4.78 is 5.63. The Balaban J connectivity index is 2.41. The first-order valence-electron chi connectivity index (χ1n) is 8.67. The van der Waals surface area contributed by atoms with E-state index in [1.54, 1.807) is 0 Å². The molecule has 0 aromatic heterocycles. The van der Waals surface area contributed by atoms with Crippen molar-refractivity contribution >= 4 is 0 Å². The highest BCUT2D eigenvalue weighted by atomic mass is 16.5. The smallest absolute Gasteiger partial charge is 0.119 e. The van der Waals surface area contributed by atoms with E-state index < -0.39 is 0 Å². The van der Waals surface area contributed by atoms with Crippen LogP contribution in [0.4, 0.5) is 0 Å². The minimum absolute atomic E-state index is 0.404. The van der Waals surface area contributed by atoms with E-state index in [1.165, 1.54) is 31.2 Å². The highest BCUT2D eigenvalue weighted by Crippen LogP contribution is 2.19. The Hall–Kier alpha value is -1.02. The number of hydrogen-bond acceptors (Lipinski definition) is 2. The molecule has 0 aliphatic heterocycles. The molecule has 0 aliphatic rings. The van der Waals surface area contributed by atoms with Crippen molar-refractivity contribution in [3.05, 3.63) is 29.8 Å². The summed E-state index contributed by atoms with van der Waals surface area (Å²) in [6, 6.07) is 8.92. The number of benzene rings is 1. The fraction of sp³-hybridized carbons (Fsp3) is 0.684. The monoisotopic (exact) mass is 291 g/mol. The Morgan fingerprint density at radius 2 is 1.76 bits per heavy atom. The summed E-state index contributed by atoms with van der Waals surface area (Å²) in [7, 11) is 0. The quantitative estimate of drug-likeness (QED) is 0.594. The summed E-state index contributed by atoms with van der Waals surface area (Å²) in [4.78, 5) is 0. The lowest BCUT2D eigenvalue weighted by Gasteiger charge is -2.20. The van der Waals surface area contributed by atoms with Crippen LogP contribution >= 0.6 is 0 Å². The van der Waals surface area contributed by atoms with E-state index in [-0.39, 0.29) is 0 Å². The van der Waals surface area contributed by atoms with Crippen molar-refractivity contribution in [2.45, 2.75) is 65.8 Å². The van der Waals surface area contributed by atoms with Crippen molar-refractivity contribution in [2.75, 3.05) is 13.2 Å². The lowest BCUT2D eigenvalue weighted by molar-refractivity contribution is 0.317. The van der Waals surface area contributed by atoms with Gasteiger partial charge in [-0.2, -0.15) is 0 Å². The number of hydrogen-bond donors (Lipinski definition) is 1. The standard InChI is InChI=1S/C19H33NO/c1-5-8-9-17(7-3)15-20-16(4)18-10-12-19(13-11-18)21-14-6-2/h10-13,16-17,20H,5-9,14-15H2,1-4H3. The zero-order chi connectivity index (χ0) is 15.5. The Bertz CT molecular complexity index is 360. The number of unbranched alkanes of at least 4 members (excludes halogenated alkanes) is 1. The normalized spacial score (nSPS) is 13.9. The second kappa shape index (κ2) is 10.7. The molecule has 2 heteroatoms. The van der Waals surface area contributed by atoms with Crippen molar-refractivity contribution in [2.24, 2.45) is 5.92 Å². The maximum Gasteiger partial charge on any atom is 0.119 e. The van der Waals surface area contributed by atoms with Crippen molar-refractivity contribution in [3.63, 3.8) is 0 Å². The summed E-state index contributed by atoms with van der Waals surface area (Å²) in [5.74, 6) is 1.78. The molecule has 0 spiro atoms. The van der Waals surface area contributed by atoms with Gasteiger partial charge in [0.05, 0.1) is 6.61 Å². The number of nitrogens with one attached hydrogen (secondary N) is 1. The van der Waals surface area contributed by atoms with Crippen LogP contribution in [0.2, 0.25) is 0 Å². The molecule has 0 bridgehead atoms. The van der Waals surface area contributed by atoms with Crippen LogP contribution in [-0.4, -0.2) is 13.2 Å². The van der Waals surface area contributed by atoms with Crippen molar-refractivity contribution in [3.8, 4) is 5.75 Å². The molecule has 0 saturated carbocycles. The number of rotatable bonds is 11. The maximum absolute atomic E-state index is 5.63.